The molecule has 2 radical (unpaired) electrons. The smallest absolute Gasteiger partial charge is 0.413 e. The largest absolute Gasteiger partial charge is 0.453 e. The summed E-state index contributed by atoms with van der Waals surface area (Å²) in [4.78, 5) is 33.8. The van der Waals surface area contributed by atoms with E-state index in [2.05, 4.69) is 20.6 Å². The van der Waals surface area contributed by atoms with E-state index in [1.165, 1.54) is 18.4 Å². The Morgan fingerprint density at radius 2 is 2.11 bits per heavy atom. The van der Waals surface area contributed by atoms with Crippen molar-refractivity contribution in [1.82, 2.24) is 25.1 Å². The molecule has 0 bridgehead atoms. The van der Waals surface area contributed by atoms with E-state index in [1.54, 1.807) is 35.3 Å². The van der Waals surface area contributed by atoms with Gasteiger partial charge in [0, 0.05) is 35.6 Å². The SMILES string of the molecule is [B]c1cc(C(=O)NCC)ccc1-n1nc(-c2cccnc2)c2c1-c1sc(NC(=O)OC)nc1CC2. The van der Waals surface area contributed by atoms with Gasteiger partial charge in [-0.15, -0.1) is 0 Å². The Morgan fingerprint density at radius 1 is 1.26 bits per heavy atom. The summed E-state index contributed by atoms with van der Waals surface area (Å²) in [6.07, 6.45) is 4.33. The normalized spacial score (nSPS) is 11.9. The van der Waals surface area contributed by atoms with Gasteiger partial charge in [-0.2, -0.15) is 5.10 Å². The van der Waals surface area contributed by atoms with Crippen LogP contribution >= 0.6 is 11.3 Å². The molecule has 1 aliphatic rings. The summed E-state index contributed by atoms with van der Waals surface area (Å²) in [5.41, 5.74) is 6.01. The van der Waals surface area contributed by atoms with Crippen molar-refractivity contribution in [2.45, 2.75) is 19.8 Å². The average molecular weight is 484 g/mol. The Morgan fingerprint density at radius 3 is 2.83 bits per heavy atom. The summed E-state index contributed by atoms with van der Waals surface area (Å²) in [7, 11) is 7.75. The van der Waals surface area contributed by atoms with Gasteiger partial charge in [0.15, 0.2) is 5.13 Å². The first-order valence-electron chi connectivity index (χ1n) is 11.1. The van der Waals surface area contributed by atoms with Crippen LogP contribution in [0.4, 0.5) is 9.93 Å². The molecule has 5 rings (SSSR count). The first-order chi connectivity index (χ1) is 17.0. The third-order valence-electron chi connectivity index (χ3n) is 5.69. The lowest BCUT2D eigenvalue weighted by Gasteiger charge is -2.16. The highest BCUT2D eigenvalue weighted by Crippen LogP contribution is 2.43. The zero-order valence-corrected chi connectivity index (χ0v) is 20.0. The quantitative estimate of drug-likeness (QED) is 0.422. The number of methoxy groups -OCH3 is 1. The van der Waals surface area contributed by atoms with Crippen LogP contribution < -0.4 is 16.1 Å². The number of nitrogens with one attached hydrogen (secondary N) is 2. The van der Waals surface area contributed by atoms with E-state index in [-0.39, 0.29) is 5.91 Å². The van der Waals surface area contributed by atoms with Crippen LogP contribution in [0.25, 0.3) is 27.5 Å². The van der Waals surface area contributed by atoms with Crippen LogP contribution in [0.15, 0.2) is 42.7 Å². The van der Waals surface area contributed by atoms with Crippen LogP contribution in [0.1, 0.15) is 28.5 Å². The van der Waals surface area contributed by atoms with Crippen molar-refractivity contribution >= 4 is 41.8 Å². The van der Waals surface area contributed by atoms with Gasteiger partial charge in [0.1, 0.15) is 7.85 Å². The average Bonchev–Trinajstić information content (AvgIpc) is 3.45. The minimum Gasteiger partial charge on any atom is -0.453 e. The number of amides is 2. The first-order valence-corrected chi connectivity index (χ1v) is 11.9. The molecular weight excluding hydrogens is 463 g/mol. The first kappa shape index (κ1) is 22.8. The van der Waals surface area contributed by atoms with Crippen LogP contribution in [0, 0.1) is 0 Å². The molecular formula is C24H21BN6O3S. The fraction of sp³-hybridized carbons (Fsp3) is 0.208. The number of ether oxygens (including phenoxy) is 1. The van der Waals surface area contributed by atoms with Gasteiger partial charge in [-0.05, 0) is 44.0 Å². The topological polar surface area (TPSA) is 111 Å². The minimum absolute atomic E-state index is 0.187. The van der Waals surface area contributed by atoms with Crippen molar-refractivity contribution in [2.24, 2.45) is 0 Å². The summed E-state index contributed by atoms with van der Waals surface area (Å²) in [6, 6.07) is 9.01. The number of nitrogens with zero attached hydrogens (tertiary/aromatic N) is 4. The maximum absolute atomic E-state index is 12.3. The molecule has 0 saturated heterocycles. The van der Waals surface area contributed by atoms with Crippen LogP contribution in [0.2, 0.25) is 0 Å². The van der Waals surface area contributed by atoms with Gasteiger partial charge >= 0.3 is 6.09 Å². The summed E-state index contributed by atoms with van der Waals surface area (Å²) in [6.45, 7) is 2.39. The molecule has 35 heavy (non-hydrogen) atoms. The molecule has 2 N–H and O–H groups in total. The van der Waals surface area contributed by atoms with E-state index in [1.807, 2.05) is 19.1 Å². The molecule has 9 nitrogen and oxygen atoms in total. The van der Waals surface area contributed by atoms with Crippen molar-refractivity contribution in [1.29, 1.82) is 0 Å². The number of aromatic nitrogens is 4. The van der Waals surface area contributed by atoms with Gasteiger partial charge in [0.2, 0.25) is 0 Å². The lowest BCUT2D eigenvalue weighted by molar-refractivity contribution is 0.0956. The van der Waals surface area contributed by atoms with Crippen molar-refractivity contribution in [3.63, 3.8) is 0 Å². The monoisotopic (exact) mass is 484 g/mol. The summed E-state index contributed by atoms with van der Waals surface area (Å²) >= 11 is 1.36. The Bertz CT molecular complexity index is 1430. The number of anilines is 1. The lowest BCUT2D eigenvalue weighted by Crippen LogP contribution is -2.25. The number of fused-ring (bicyclic) bond motifs is 3. The number of benzene rings is 1. The summed E-state index contributed by atoms with van der Waals surface area (Å²) < 4.78 is 6.52. The van der Waals surface area contributed by atoms with Crippen molar-refractivity contribution in [2.75, 3.05) is 19.0 Å². The van der Waals surface area contributed by atoms with Gasteiger partial charge < -0.3 is 10.1 Å². The van der Waals surface area contributed by atoms with Gasteiger partial charge in [-0.1, -0.05) is 22.9 Å². The standard InChI is InChI=1S/C24H21BN6O3S/c1-3-27-22(32)13-6-9-18(16(25)11-13)31-20-15(19(30-31)14-5-4-10-26-12-14)7-8-17-21(20)35-23(28-17)29-24(33)34-2/h4-6,9-12H,3,7-8H2,1-2H3,(H,27,32)(H,28,29,33). The van der Waals surface area contributed by atoms with Crippen LogP contribution in [0.5, 0.6) is 0 Å². The fourth-order valence-electron chi connectivity index (χ4n) is 4.12. The van der Waals surface area contributed by atoms with Gasteiger partial charge in [0.25, 0.3) is 5.91 Å². The van der Waals surface area contributed by atoms with Crippen LogP contribution in [-0.4, -0.2) is 53.2 Å². The highest BCUT2D eigenvalue weighted by molar-refractivity contribution is 7.19. The van der Waals surface area contributed by atoms with E-state index < -0.39 is 6.09 Å². The number of hydrogen-bond donors (Lipinski definition) is 2. The Kier molecular flexibility index (Phi) is 6.08. The van der Waals surface area contributed by atoms with Crippen molar-refractivity contribution in [3.05, 3.63) is 59.5 Å². The molecule has 3 aromatic heterocycles. The Balaban J connectivity index is 1.68. The third-order valence-corrected chi connectivity index (χ3v) is 6.71. The van der Waals surface area contributed by atoms with Gasteiger partial charge in [-0.3, -0.25) is 15.1 Å². The highest BCUT2D eigenvalue weighted by atomic mass is 32.1. The molecule has 0 fully saturated rings. The molecule has 1 aromatic carbocycles. The fourth-order valence-corrected chi connectivity index (χ4v) is 5.18. The van der Waals surface area contributed by atoms with E-state index in [9.17, 15) is 9.59 Å². The Labute approximate surface area is 207 Å². The van der Waals surface area contributed by atoms with Gasteiger partial charge in [0.05, 0.1) is 34.8 Å². The third kappa shape index (κ3) is 4.19. The number of pyridine rings is 1. The van der Waals surface area contributed by atoms with E-state index in [0.29, 0.717) is 41.2 Å². The molecule has 2 amide bonds. The lowest BCUT2D eigenvalue weighted by atomic mass is 9.91. The maximum Gasteiger partial charge on any atom is 0.413 e. The second-order valence-corrected chi connectivity index (χ2v) is 8.87. The molecule has 3 heterocycles. The van der Waals surface area contributed by atoms with E-state index in [4.69, 9.17) is 17.7 Å². The van der Waals surface area contributed by atoms with Crippen molar-refractivity contribution in [3.8, 4) is 27.5 Å². The minimum atomic E-state index is -0.578. The predicted molar refractivity (Wildman–Crippen MR) is 135 cm³/mol. The zero-order valence-electron chi connectivity index (χ0n) is 19.2. The summed E-state index contributed by atoms with van der Waals surface area (Å²) in [5.74, 6) is -0.187. The molecule has 0 atom stereocenters. The number of rotatable bonds is 5. The number of thiazole rings is 1. The molecule has 174 valence electrons. The Hall–Kier alpha value is -3.99. The second-order valence-electron chi connectivity index (χ2n) is 7.87. The van der Waals surface area contributed by atoms with Crippen LogP contribution in [0.3, 0.4) is 0 Å². The molecule has 0 saturated carbocycles. The predicted octanol–water partition coefficient (Wildman–Crippen LogP) is 2.88. The molecule has 0 spiro atoms. The van der Waals surface area contributed by atoms with Crippen LogP contribution in [-0.2, 0) is 17.6 Å². The highest BCUT2D eigenvalue weighted by Gasteiger charge is 2.30. The second kappa shape index (κ2) is 9.34. The van der Waals surface area contributed by atoms with Gasteiger partial charge in [-0.25, -0.2) is 14.5 Å². The summed E-state index contributed by atoms with van der Waals surface area (Å²) in [5, 5.41) is 10.8. The number of carbonyl (C=O) groups is 2. The number of aryl methyl sites for hydroxylation is 1. The molecule has 11 heteroatoms. The zero-order chi connectivity index (χ0) is 24.5. The maximum atomic E-state index is 12.3. The molecule has 0 aliphatic heterocycles. The number of hydrogen-bond acceptors (Lipinski definition) is 7. The van der Waals surface area contributed by atoms with Crippen molar-refractivity contribution < 1.29 is 14.3 Å². The molecule has 4 aromatic rings. The van der Waals surface area contributed by atoms with E-state index >= 15 is 0 Å². The molecule has 1 aliphatic carbocycles. The van der Waals surface area contributed by atoms with E-state index in [0.717, 1.165) is 33.1 Å². The molecule has 0 unspecified atom stereocenters. The number of carbonyl (C=O) groups excluding carboxylic acids is 2.